The molecule has 0 radical (unpaired) electrons. The largest absolute Gasteiger partial charge is 0.472 e. The standard InChI is InChI=1S/C25H34O8/c1-5-9-31-14-32-18-11-17(22(27)29-4)24(2)8-6-16-23(28)33-19(15-7-10-30-13-15)12-25(16,3)21(24)20(18)26/h7,10,13,16-19,21H,5-6,8-9,11-12,14H2,1-4H3/t16-,17-,18-,19+,21-,24-,25-/m0/s1. The number of Topliss-reactive ketones (excluding diaryl/α,β-unsaturated/α-hetero) is 1. The molecule has 1 aromatic heterocycles. The number of esters is 2. The van der Waals surface area contributed by atoms with Crippen molar-refractivity contribution >= 4 is 17.7 Å². The molecule has 0 aromatic carbocycles. The van der Waals surface area contributed by atoms with E-state index >= 15 is 0 Å². The fourth-order valence-corrected chi connectivity index (χ4v) is 6.64. The summed E-state index contributed by atoms with van der Waals surface area (Å²) in [6.45, 7) is 6.50. The van der Waals surface area contributed by atoms with E-state index in [-0.39, 0.29) is 30.9 Å². The summed E-state index contributed by atoms with van der Waals surface area (Å²) in [6.07, 6.45) is 4.52. The Morgan fingerprint density at radius 1 is 1.24 bits per heavy atom. The molecule has 0 N–H and O–H groups in total. The number of furan rings is 1. The van der Waals surface area contributed by atoms with Gasteiger partial charge >= 0.3 is 11.9 Å². The number of hydrogen-bond donors (Lipinski definition) is 0. The van der Waals surface area contributed by atoms with Crippen LogP contribution in [0.4, 0.5) is 0 Å². The van der Waals surface area contributed by atoms with Gasteiger partial charge in [-0.1, -0.05) is 20.8 Å². The topological polar surface area (TPSA) is 101 Å². The Morgan fingerprint density at radius 2 is 2.03 bits per heavy atom. The maximum atomic E-state index is 13.9. The number of carbonyl (C=O) groups is 3. The second-order valence-electron chi connectivity index (χ2n) is 10.1. The van der Waals surface area contributed by atoms with Crippen LogP contribution in [-0.4, -0.2) is 44.3 Å². The number of carbonyl (C=O) groups excluding carboxylic acids is 3. The first-order valence-corrected chi connectivity index (χ1v) is 11.8. The highest BCUT2D eigenvalue weighted by Gasteiger charge is 2.67. The van der Waals surface area contributed by atoms with Crippen LogP contribution in [0.25, 0.3) is 0 Å². The molecule has 2 saturated carbocycles. The van der Waals surface area contributed by atoms with Gasteiger partial charge in [0.05, 0.1) is 31.5 Å². The Hall–Kier alpha value is -2.19. The van der Waals surface area contributed by atoms with Crippen LogP contribution in [0.15, 0.2) is 23.0 Å². The minimum Gasteiger partial charge on any atom is -0.472 e. The second-order valence-corrected chi connectivity index (χ2v) is 10.1. The van der Waals surface area contributed by atoms with Gasteiger partial charge in [-0.2, -0.15) is 0 Å². The van der Waals surface area contributed by atoms with Crippen molar-refractivity contribution in [2.24, 2.45) is 28.6 Å². The van der Waals surface area contributed by atoms with Gasteiger partial charge in [0, 0.05) is 18.1 Å². The van der Waals surface area contributed by atoms with Crippen molar-refractivity contribution in [3.05, 3.63) is 24.2 Å². The Balaban J connectivity index is 1.71. The van der Waals surface area contributed by atoms with Crippen molar-refractivity contribution in [1.29, 1.82) is 0 Å². The molecule has 0 spiro atoms. The number of hydrogen-bond acceptors (Lipinski definition) is 8. The van der Waals surface area contributed by atoms with Crippen molar-refractivity contribution in [2.45, 2.75) is 65.1 Å². The van der Waals surface area contributed by atoms with Crippen LogP contribution >= 0.6 is 0 Å². The van der Waals surface area contributed by atoms with Crippen LogP contribution in [0, 0.1) is 28.6 Å². The van der Waals surface area contributed by atoms with E-state index in [1.807, 2.05) is 20.8 Å². The zero-order valence-corrected chi connectivity index (χ0v) is 19.8. The molecule has 3 fully saturated rings. The number of ketones is 1. The quantitative estimate of drug-likeness (QED) is 0.342. The first-order chi connectivity index (χ1) is 15.8. The van der Waals surface area contributed by atoms with Gasteiger partial charge in [0.15, 0.2) is 5.78 Å². The van der Waals surface area contributed by atoms with Gasteiger partial charge in [0.2, 0.25) is 0 Å². The van der Waals surface area contributed by atoms with Gasteiger partial charge < -0.3 is 23.4 Å². The summed E-state index contributed by atoms with van der Waals surface area (Å²) < 4.78 is 27.5. The Morgan fingerprint density at radius 3 is 2.70 bits per heavy atom. The van der Waals surface area contributed by atoms with Gasteiger partial charge in [0.1, 0.15) is 19.0 Å². The molecule has 33 heavy (non-hydrogen) atoms. The van der Waals surface area contributed by atoms with Crippen LogP contribution < -0.4 is 0 Å². The molecule has 0 unspecified atom stereocenters. The van der Waals surface area contributed by atoms with Crippen LogP contribution in [0.5, 0.6) is 0 Å². The summed E-state index contributed by atoms with van der Waals surface area (Å²) in [6, 6.07) is 1.78. The maximum absolute atomic E-state index is 13.9. The Bertz CT molecular complexity index is 879. The molecule has 182 valence electrons. The number of ether oxygens (including phenoxy) is 4. The highest BCUT2D eigenvalue weighted by molar-refractivity contribution is 5.92. The molecule has 1 saturated heterocycles. The lowest BCUT2D eigenvalue weighted by molar-refractivity contribution is -0.213. The summed E-state index contributed by atoms with van der Waals surface area (Å²) in [7, 11) is 1.37. The molecule has 0 bridgehead atoms. The van der Waals surface area contributed by atoms with E-state index in [1.54, 1.807) is 18.6 Å². The molecule has 1 aliphatic heterocycles. The van der Waals surface area contributed by atoms with E-state index in [4.69, 9.17) is 23.4 Å². The second kappa shape index (κ2) is 9.22. The van der Waals surface area contributed by atoms with Crippen LogP contribution in [-0.2, 0) is 33.3 Å². The maximum Gasteiger partial charge on any atom is 0.310 e. The Labute approximate surface area is 194 Å². The van der Waals surface area contributed by atoms with E-state index in [2.05, 4.69) is 0 Å². The van der Waals surface area contributed by atoms with Crippen LogP contribution in [0.1, 0.15) is 64.5 Å². The molecule has 2 aliphatic carbocycles. The normalized spacial score (nSPS) is 38.2. The average Bonchev–Trinajstić information content (AvgIpc) is 3.31. The lowest BCUT2D eigenvalue weighted by atomic mass is 9.43. The van der Waals surface area contributed by atoms with Crippen molar-refractivity contribution in [3.8, 4) is 0 Å². The highest BCUT2D eigenvalue weighted by atomic mass is 16.7. The third-order valence-electron chi connectivity index (χ3n) is 8.20. The first-order valence-electron chi connectivity index (χ1n) is 11.8. The fourth-order valence-electron chi connectivity index (χ4n) is 6.64. The van der Waals surface area contributed by atoms with Gasteiger partial charge in [0.25, 0.3) is 0 Å². The molecular formula is C25H34O8. The third kappa shape index (κ3) is 4.01. The number of methoxy groups -OCH3 is 1. The lowest BCUT2D eigenvalue weighted by Crippen LogP contribution is -2.64. The zero-order valence-electron chi connectivity index (χ0n) is 19.8. The van der Waals surface area contributed by atoms with Gasteiger partial charge in [-0.05, 0) is 49.0 Å². The van der Waals surface area contributed by atoms with E-state index in [0.717, 1.165) is 12.0 Å². The van der Waals surface area contributed by atoms with Crippen molar-refractivity contribution < 1.29 is 37.7 Å². The third-order valence-corrected chi connectivity index (χ3v) is 8.20. The molecular weight excluding hydrogens is 428 g/mol. The molecule has 8 nitrogen and oxygen atoms in total. The average molecular weight is 463 g/mol. The summed E-state index contributed by atoms with van der Waals surface area (Å²) in [5.74, 6) is -2.19. The van der Waals surface area contributed by atoms with Crippen molar-refractivity contribution in [3.63, 3.8) is 0 Å². The van der Waals surface area contributed by atoms with Gasteiger partial charge in [-0.25, -0.2) is 0 Å². The number of rotatable bonds is 7. The van der Waals surface area contributed by atoms with E-state index < -0.39 is 40.8 Å². The molecule has 0 amide bonds. The van der Waals surface area contributed by atoms with Crippen molar-refractivity contribution in [2.75, 3.05) is 20.5 Å². The number of fused-ring (bicyclic) bond motifs is 3. The molecule has 1 aromatic rings. The SMILES string of the molecule is CCCOCO[C@H]1C[C@@H](C(=O)OC)[C@]2(C)CC[C@H]3C(=O)O[C@@H](c4ccoc4)C[C@]3(C)[C@H]2C1=O. The molecule has 4 rings (SSSR count). The van der Waals surface area contributed by atoms with E-state index in [9.17, 15) is 14.4 Å². The van der Waals surface area contributed by atoms with Crippen molar-refractivity contribution in [1.82, 2.24) is 0 Å². The minimum atomic E-state index is -0.787. The molecule has 3 aliphatic rings. The van der Waals surface area contributed by atoms with E-state index in [0.29, 0.717) is 25.9 Å². The van der Waals surface area contributed by atoms with Crippen LogP contribution in [0.3, 0.4) is 0 Å². The minimum absolute atomic E-state index is 0.0125. The predicted octanol–water partition coefficient (Wildman–Crippen LogP) is 3.84. The first kappa shape index (κ1) is 24.0. The van der Waals surface area contributed by atoms with E-state index in [1.165, 1.54) is 7.11 Å². The number of cyclic esters (lactones) is 1. The Kier molecular flexibility index (Phi) is 6.69. The summed E-state index contributed by atoms with van der Waals surface area (Å²) >= 11 is 0. The summed E-state index contributed by atoms with van der Waals surface area (Å²) in [5.41, 5.74) is -0.568. The molecule has 8 heteroatoms. The van der Waals surface area contributed by atoms with Crippen LogP contribution in [0.2, 0.25) is 0 Å². The summed E-state index contributed by atoms with van der Waals surface area (Å²) in [4.78, 5) is 40.0. The molecule has 2 heterocycles. The molecule has 7 atom stereocenters. The monoisotopic (exact) mass is 462 g/mol. The fraction of sp³-hybridized carbons (Fsp3) is 0.720. The predicted molar refractivity (Wildman–Crippen MR) is 116 cm³/mol. The van der Waals surface area contributed by atoms with Gasteiger partial charge in [-0.15, -0.1) is 0 Å². The lowest BCUT2D eigenvalue weighted by Gasteiger charge is -2.61. The highest BCUT2D eigenvalue weighted by Crippen LogP contribution is 2.65. The summed E-state index contributed by atoms with van der Waals surface area (Å²) in [5, 5.41) is 0. The van der Waals surface area contributed by atoms with Gasteiger partial charge in [-0.3, -0.25) is 14.4 Å². The smallest absolute Gasteiger partial charge is 0.310 e. The zero-order chi connectivity index (χ0) is 23.8.